The normalized spacial score (nSPS) is 11.4. The zero-order chi connectivity index (χ0) is 22.4. The van der Waals surface area contributed by atoms with Crippen LogP contribution in [0, 0.1) is 6.92 Å². The number of benzene rings is 1. The number of nitrogen functional groups attached to an aromatic ring is 1. The van der Waals surface area contributed by atoms with Gasteiger partial charge in [-0.3, -0.25) is 24.1 Å². The van der Waals surface area contributed by atoms with Crippen molar-refractivity contribution >= 4 is 46.6 Å². The molecule has 0 aliphatic heterocycles. The fourth-order valence-electron chi connectivity index (χ4n) is 2.60. The summed E-state index contributed by atoms with van der Waals surface area (Å²) in [5.41, 5.74) is 12.2. The SMILES string of the molecule is CCOC(=O)CNC(=O)C(C)N(C(=O)c1snc(C(N)=O)c1N)c1ccc(C)cc1. The van der Waals surface area contributed by atoms with Crippen molar-refractivity contribution in [2.75, 3.05) is 23.8 Å². The first-order valence-electron chi connectivity index (χ1n) is 9.05. The lowest BCUT2D eigenvalue weighted by Gasteiger charge is -2.28. The largest absolute Gasteiger partial charge is 0.465 e. The Balaban J connectivity index is 2.36. The van der Waals surface area contributed by atoms with Crippen molar-refractivity contribution in [3.8, 4) is 0 Å². The highest BCUT2D eigenvalue weighted by Gasteiger charge is 2.32. The highest BCUT2D eigenvalue weighted by atomic mass is 32.1. The van der Waals surface area contributed by atoms with E-state index in [1.54, 1.807) is 31.2 Å². The molecule has 1 atom stereocenters. The van der Waals surface area contributed by atoms with E-state index in [-0.39, 0.29) is 29.4 Å². The van der Waals surface area contributed by atoms with Crippen LogP contribution in [-0.4, -0.2) is 47.3 Å². The van der Waals surface area contributed by atoms with E-state index in [1.807, 2.05) is 6.92 Å². The number of hydrogen-bond donors (Lipinski definition) is 3. The van der Waals surface area contributed by atoms with Gasteiger partial charge in [0.2, 0.25) is 5.91 Å². The molecule has 30 heavy (non-hydrogen) atoms. The van der Waals surface area contributed by atoms with Crippen LogP contribution in [0.3, 0.4) is 0 Å². The van der Waals surface area contributed by atoms with Crippen LogP contribution in [0.5, 0.6) is 0 Å². The summed E-state index contributed by atoms with van der Waals surface area (Å²) in [6.07, 6.45) is 0. The maximum Gasteiger partial charge on any atom is 0.325 e. The number of aromatic nitrogens is 1. The number of aryl methyl sites for hydroxylation is 1. The molecule has 0 spiro atoms. The molecule has 5 N–H and O–H groups in total. The van der Waals surface area contributed by atoms with Crippen LogP contribution in [0.2, 0.25) is 0 Å². The lowest BCUT2D eigenvalue weighted by molar-refractivity contribution is -0.143. The maximum absolute atomic E-state index is 13.3. The van der Waals surface area contributed by atoms with Gasteiger partial charge in [-0.25, -0.2) is 0 Å². The Bertz CT molecular complexity index is 957. The predicted molar refractivity (Wildman–Crippen MR) is 112 cm³/mol. The van der Waals surface area contributed by atoms with Crippen molar-refractivity contribution in [1.29, 1.82) is 0 Å². The van der Waals surface area contributed by atoms with E-state index in [2.05, 4.69) is 9.69 Å². The number of amides is 3. The van der Waals surface area contributed by atoms with Gasteiger partial charge in [0.15, 0.2) is 5.69 Å². The fraction of sp³-hybridized carbons (Fsp3) is 0.316. The van der Waals surface area contributed by atoms with Gasteiger partial charge in [0.1, 0.15) is 17.5 Å². The summed E-state index contributed by atoms with van der Waals surface area (Å²) in [4.78, 5) is 50.1. The summed E-state index contributed by atoms with van der Waals surface area (Å²) >= 11 is 0.720. The number of nitrogens with one attached hydrogen (secondary N) is 1. The zero-order valence-corrected chi connectivity index (χ0v) is 17.6. The lowest BCUT2D eigenvalue weighted by atomic mass is 10.1. The van der Waals surface area contributed by atoms with Gasteiger partial charge in [-0.1, -0.05) is 17.7 Å². The molecule has 0 saturated carbocycles. The van der Waals surface area contributed by atoms with Crippen molar-refractivity contribution in [3.05, 3.63) is 40.4 Å². The van der Waals surface area contributed by atoms with Crippen molar-refractivity contribution < 1.29 is 23.9 Å². The minimum absolute atomic E-state index is 0.0191. The quantitative estimate of drug-likeness (QED) is 0.521. The predicted octanol–water partition coefficient (Wildman–Crippen LogP) is 0.847. The fourth-order valence-corrected chi connectivity index (χ4v) is 3.34. The minimum atomic E-state index is -1.01. The molecule has 0 bridgehead atoms. The van der Waals surface area contributed by atoms with E-state index in [1.165, 1.54) is 11.8 Å². The Hall–Kier alpha value is -3.47. The van der Waals surface area contributed by atoms with Gasteiger partial charge in [-0.15, -0.1) is 0 Å². The number of nitrogens with zero attached hydrogens (tertiary/aromatic N) is 2. The molecule has 0 aliphatic carbocycles. The van der Waals surface area contributed by atoms with Crippen LogP contribution in [0.15, 0.2) is 24.3 Å². The number of esters is 1. The standard InChI is InChI=1S/C19H23N5O5S/c1-4-29-13(25)9-22-18(27)11(3)24(12-7-5-10(2)6-8-12)19(28)16-14(20)15(17(21)26)23-30-16/h5-8,11H,4,9,20H2,1-3H3,(H2,21,26)(H,22,27). The summed E-state index contributed by atoms with van der Waals surface area (Å²) in [5, 5.41) is 2.45. The van der Waals surface area contributed by atoms with E-state index >= 15 is 0 Å². The van der Waals surface area contributed by atoms with Crippen LogP contribution in [-0.2, 0) is 14.3 Å². The molecule has 0 saturated heterocycles. The second-order valence-corrected chi connectivity index (χ2v) is 7.12. The molecule has 3 amide bonds. The Kier molecular flexibility index (Phi) is 7.48. The topological polar surface area (TPSA) is 158 Å². The zero-order valence-electron chi connectivity index (χ0n) is 16.8. The minimum Gasteiger partial charge on any atom is -0.465 e. The molecule has 0 fully saturated rings. The molecule has 160 valence electrons. The summed E-state index contributed by atoms with van der Waals surface area (Å²) in [7, 11) is 0. The second-order valence-electron chi connectivity index (χ2n) is 6.35. The number of nitrogens with two attached hydrogens (primary N) is 2. The van der Waals surface area contributed by atoms with Crippen molar-refractivity contribution in [2.45, 2.75) is 26.8 Å². The number of primary amides is 1. The Labute approximate surface area is 177 Å². The molecule has 1 unspecified atom stereocenters. The average molecular weight is 433 g/mol. The van der Waals surface area contributed by atoms with Crippen molar-refractivity contribution in [2.24, 2.45) is 5.73 Å². The highest BCUT2D eigenvalue weighted by Crippen LogP contribution is 2.27. The van der Waals surface area contributed by atoms with E-state index in [0.29, 0.717) is 5.69 Å². The molecular formula is C19H23N5O5S. The summed E-state index contributed by atoms with van der Waals surface area (Å²) in [5.74, 6) is -2.65. The average Bonchev–Trinajstić information content (AvgIpc) is 3.09. The van der Waals surface area contributed by atoms with Gasteiger partial charge in [-0.05, 0) is 44.4 Å². The van der Waals surface area contributed by atoms with Crippen LogP contribution < -0.4 is 21.7 Å². The summed E-state index contributed by atoms with van der Waals surface area (Å²) < 4.78 is 8.63. The van der Waals surface area contributed by atoms with Crippen molar-refractivity contribution in [3.63, 3.8) is 0 Å². The number of carbonyl (C=O) groups excluding carboxylic acids is 4. The van der Waals surface area contributed by atoms with Gasteiger partial charge >= 0.3 is 5.97 Å². The van der Waals surface area contributed by atoms with Crippen LogP contribution in [0.25, 0.3) is 0 Å². The van der Waals surface area contributed by atoms with Gasteiger partial charge in [0.25, 0.3) is 11.8 Å². The monoisotopic (exact) mass is 433 g/mol. The van der Waals surface area contributed by atoms with Crippen LogP contribution in [0.1, 0.15) is 39.6 Å². The number of carbonyl (C=O) groups is 4. The van der Waals surface area contributed by atoms with Crippen LogP contribution >= 0.6 is 11.5 Å². The van der Waals surface area contributed by atoms with E-state index < -0.39 is 29.7 Å². The summed E-state index contributed by atoms with van der Waals surface area (Å²) in [6, 6.07) is 5.91. The van der Waals surface area contributed by atoms with E-state index in [4.69, 9.17) is 16.2 Å². The first-order valence-corrected chi connectivity index (χ1v) is 9.83. The van der Waals surface area contributed by atoms with Crippen molar-refractivity contribution in [1.82, 2.24) is 9.69 Å². The molecule has 0 aliphatic rings. The lowest BCUT2D eigenvalue weighted by Crippen LogP contribution is -2.49. The molecule has 1 aromatic heterocycles. The third-order valence-electron chi connectivity index (χ3n) is 4.17. The smallest absolute Gasteiger partial charge is 0.325 e. The Morgan fingerprint density at radius 1 is 1.23 bits per heavy atom. The first kappa shape index (κ1) is 22.8. The third-order valence-corrected chi connectivity index (χ3v) is 5.02. The summed E-state index contributed by atoms with van der Waals surface area (Å²) in [6.45, 7) is 4.89. The van der Waals surface area contributed by atoms with Gasteiger partial charge in [-0.2, -0.15) is 4.37 Å². The van der Waals surface area contributed by atoms with E-state index in [9.17, 15) is 19.2 Å². The van der Waals surface area contributed by atoms with Crippen LogP contribution in [0.4, 0.5) is 11.4 Å². The van der Waals surface area contributed by atoms with Gasteiger partial charge < -0.3 is 21.5 Å². The number of rotatable bonds is 8. The second kappa shape index (κ2) is 9.83. The van der Waals surface area contributed by atoms with Gasteiger partial charge in [0.05, 0.1) is 12.3 Å². The number of ether oxygens (including phenoxy) is 1. The third kappa shape index (κ3) is 5.11. The molecule has 0 radical (unpaired) electrons. The maximum atomic E-state index is 13.3. The molecule has 10 nitrogen and oxygen atoms in total. The molecular weight excluding hydrogens is 410 g/mol. The number of anilines is 2. The molecule has 1 heterocycles. The van der Waals surface area contributed by atoms with E-state index in [0.717, 1.165) is 17.1 Å². The molecule has 2 aromatic rings. The van der Waals surface area contributed by atoms with Gasteiger partial charge in [0, 0.05) is 5.69 Å². The highest BCUT2D eigenvalue weighted by molar-refractivity contribution is 7.09. The molecule has 2 rings (SSSR count). The first-order chi connectivity index (χ1) is 14.2. The molecule has 11 heteroatoms. The number of hydrogen-bond acceptors (Lipinski definition) is 8. The molecule has 1 aromatic carbocycles. The Morgan fingerprint density at radius 2 is 1.87 bits per heavy atom. The Morgan fingerprint density at radius 3 is 2.40 bits per heavy atom.